The first-order chi connectivity index (χ1) is 7.41. The van der Waals surface area contributed by atoms with Gasteiger partial charge in [0.2, 0.25) is 0 Å². The first-order valence-corrected chi connectivity index (χ1v) is 5.94. The number of hydrogen-bond acceptors (Lipinski definition) is 4. The van der Waals surface area contributed by atoms with E-state index in [2.05, 4.69) is 26.3 Å². The molecule has 6 heteroatoms. The molecule has 0 radical (unpaired) electrons. The zero-order valence-electron chi connectivity index (χ0n) is 9.75. The summed E-state index contributed by atoms with van der Waals surface area (Å²) in [6.45, 7) is 6.82. The van der Waals surface area contributed by atoms with Gasteiger partial charge in [0, 0.05) is 18.6 Å². The van der Waals surface area contributed by atoms with Crippen molar-refractivity contribution in [1.82, 2.24) is 9.78 Å². The third-order valence-electron chi connectivity index (χ3n) is 2.27. The van der Waals surface area contributed by atoms with E-state index in [9.17, 15) is 4.79 Å². The summed E-state index contributed by atoms with van der Waals surface area (Å²) in [4.78, 5) is 11.8. The largest absolute Gasteiger partial charge is 0.377 e. The first kappa shape index (κ1) is 13.2. The third-order valence-corrected chi connectivity index (χ3v) is 3.03. The molecule has 0 saturated heterocycles. The van der Waals surface area contributed by atoms with Gasteiger partial charge in [0.05, 0.1) is 11.9 Å². The van der Waals surface area contributed by atoms with Crippen LogP contribution in [0.5, 0.6) is 0 Å². The number of aromatic nitrogens is 2. The van der Waals surface area contributed by atoms with Gasteiger partial charge in [-0.15, -0.1) is 0 Å². The van der Waals surface area contributed by atoms with E-state index in [1.54, 1.807) is 6.20 Å². The van der Waals surface area contributed by atoms with Gasteiger partial charge in [-0.1, -0.05) is 0 Å². The van der Waals surface area contributed by atoms with E-state index >= 15 is 0 Å². The van der Waals surface area contributed by atoms with Crippen LogP contribution in [0.25, 0.3) is 0 Å². The number of anilines is 1. The molecule has 0 aliphatic carbocycles. The first-order valence-electron chi connectivity index (χ1n) is 5.15. The predicted molar refractivity (Wildman–Crippen MR) is 68.6 cm³/mol. The van der Waals surface area contributed by atoms with Crippen molar-refractivity contribution in [3.63, 3.8) is 0 Å². The second-order valence-corrected chi connectivity index (χ2v) is 5.00. The quantitative estimate of drug-likeness (QED) is 0.873. The van der Waals surface area contributed by atoms with Crippen LogP contribution in [0, 0.1) is 0 Å². The van der Waals surface area contributed by atoms with Crippen LogP contribution in [0.3, 0.4) is 0 Å². The Morgan fingerprint density at radius 1 is 1.62 bits per heavy atom. The van der Waals surface area contributed by atoms with E-state index in [0.717, 1.165) is 0 Å². The molecule has 0 bridgehead atoms. The molecule has 5 nitrogen and oxygen atoms in total. The van der Waals surface area contributed by atoms with Gasteiger partial charge in [0.15, 0.2) is 0 Å². The minimum absolute atomic E-state index is 0.139. The Bertz CT molecular complexity index is 427. The minimum Gasteiger partial charge on any atom is -0.377 e. The van der Waals surface area contributed by atoms with Crippen molar-refractivity contribution in [2.75, 3.05) is 11.9 Å². The zero-order chi connectivity index (χ0) is 12.3. The number of rotatable bonds is 4. The number of hydrogen-bond donors (Lipinski definition) is 2. The van der Waals surface area contributed by atoms with Crippen LogP contribution >= 0.6 is 15.9 Å². The Hall–Kier alpha value is -0.880. The minimum atomic E-state index is -0.269. The molecule has 0 aliphatic rings. The average molecular weight is 289 g/mol. The Morgan fingerprint density at radius 2 is 2.25 bits per heavy atom. The molecule has 1 heterocycles. The lowest BCUT2D eigenvalue weighted by molar-refractivity contribution is 0.572. The van der Waals surface area contributed by atoms with Crippen LogP contribution in [0.1, 0.15) is 20.8 Å². The highest BCUT2D eigenvalue weighted by atomic mass is 79.9. The number of aryl methyl sites for hydroxylation is 1. The Labute approximate surface area is 103 Å². The summed E-state index contributed by atoms with van der Waals surface area (Å²) in [6, 6.07) is 0. The van der Waals surface area contributed by atoms with E-state index in [1.165, 1.54) is 4.68 Å². The van der Waals surface area contributed by atoms with Crippen LogP contribution in [-0.4, -0.2) is 21.9 Å². The van der Waals surface area contributed by atoms with Gasteiger partial charge in [-0.3, -0.25) is 4.79 Å². The SMILES string of the molecule is CCn1ncc(NC(C)(C)CN)c(Br)c1=O. The lowest BCUT2D eigenvalue weighted by Gasteiger charge is -2.26. The molecule has 0 aromatic carbocycles. The molecule has 3 N–H and O–H groups in total. The van der Waals surface area contributed by atoms with Crippen LogP contribution in [0.15, 0.2) is 15.5 Å². The maximum atomic E-state index is 11.8. The molecule has 1 rings (SSSR count). The molecule has 16 heavy (non-hydrogen) atoms. The molecule has 0 unspecified atom stereocenters. The van der Waals surface area contributed by atoms with Gasteiger partial charge in [-0.05, 0) is 36.7 Å². The maximum absolute atomic E-state index is 11.8. The predicted octanol–water partition coefficient (Wildman–Crippen LogP) is 1.17. The van der Waals surface area contributed by atoms with Crippen LogP contribution in [-0.2, 0) is 6.54 Å². The van der Waals surface area contributed by atoms with Gasteiger partial charge in [-0.25, -0.2) is 4.68 Å². The highest BCUT2D eigenvalue weighted by Crippen LogP contribution is 2.20. The highest BCUT2D eigenvalue weighted by molar-refractivity contribution is 9.10. The van der Waals surface area contributed by atoms with Crippen molar-refractivity contribution in [2.24, 2.45) is 5.73 Å². The second kappa shape index (κ2) is 4.97. The fraction of sp³-hybridized carbons (Fsp3) is 0.600. The number of nitrogens with one attached hydrogen (secondary N) is 1. The lowest BCUT2D eigenvalue weighted by Crippen LogP contribution is -2.40. The van der Waals surface area contributed by atoms with E-state index in [0.29, 0.717) is 23.2 Å². The molecule has 0 spiro atoms. The maximum Gasteiger partial charge on any atom is 0.283 e. The summed E-state index contributed by atoms with van der Waals surface area (Å²) in [5, 5.41) is 7.23. The fourth-order valence-corrected chi connectivity index (χ4v) is 1.60. The van der Waals surface area contributed by atoms with Crippen molar-refractivity contribution in [3.05, 3.63) is 21.0 Å². The summed E-state index contributed by atoms with van der Waals surface area (Å²) in [5.74, 6) is 0. The van der Waals surface area contributed by atoms with Crippen molar-refractivity contribution in [2.45, 2.75) is 32.9 Å². The topological polar surface area (TPSA) is 72.9 Å². The Morgan fingerprint density at radius 3 is 2.75 bits per heavy atom. The van der Waals surface area contributed by atoms with E-state index in [-0.39, 0.29) is 11.1 Å². The van der Waals surface area contributed by atoms with Crippen LogP contribution in [0.4, 0.5) is 5.69 Å². The molecule has 0 fully saturated rings. The standard InChI is InChI=1S/C10H17BrN4O/c1-4-15-9(16)8(11)7(5-13-15)14-10(2,3)6-12/h5,14H,4,6,12H2,1-3H3. The van der Waals surface area contributed by atoms with Gasteiger partial charge in [0.25, 0.3) is 5.56 Å². The second-order valence-electron chi connectivity index (χ2n) is 4.21. The third kappa shape index (κ3) is 2.82. The summed E-state index contributed by atoms with van der Waals surface area (Å²) in [7, 11) is 0. The van der Waals surface area contributed by atoms with Crippen LogP contribution in [0.2, 0.25) is 0 Å². The monoisotopic (exact) mass is 288 g/mol. The summed E-state index contributed by atoms with van der Waals surface area (Å²) >= 11 is 3.28. The van der Waals surface area contributed by atoms with Crippen molar-refractivity contribution >= 4 is 21.6 Å². The van der Waals surface area contributed by atoms with Gasteiger partial charge in [0.1, 0.15) is 4.47 Å². The highest BCUT2D eigenvalue weighted by Gasteiger charge is 2.18. The zero-order valence-corrected chi connectivity index (χ0v) is 11.3. The average Bonchev–Trinajstić information content (AvgIpc) is 2.25. The van der Waals surface area contributed by atoms with Crippen LogP contribution < -0.4 is 16.6 Å². The van der Waals surface area contributed by atoms with Gasteiger partial charge in [-0.2, -0.15) is 5.10 Å². The molecular formula is C10H17BrN4O. The number of nitrogens with two attached hydrogens (primary N) is 1. The lowest BCUT2D eigenvalue weighted by atomic mass is 10.1. The van der Waals surface area contributed by atoms with Crippen molar-refractivity contribution < 1.29 is 0 Å². The van der Waals surface area contributed by atoms with Crippen molar-refractivity contribution in [3.8, 4) is 0 Å². The molecule has 1 aromatic rings. The number of nitrogens with zero attached hydrogens (tertiary/aromatic N) is 2. The molecular weight excluding hydrogens is 272 g/mol. The molecule has 0 atom stereocenters. The van der Waals surface area contributed by atoms with E-state index in [4.69, 9.17) is 5.73 Å². The van der Waals surface area contributed by atoms with Crippen molar-refractivity contribution in [1.29, 1.82) is 0 Å². The summed E-state index contributed by atoms with van der Waals surface area (Å²) < 4.78 is 1.89. The molecule has 0 aliphatic heterocycles. The fourth-order valence-electron chi connectivity index (χ4n) is 1.19. The summed E-state index contributed by atoms with van der Waals surface area (Å²) in [6.07, 6.45) is 1.63. The smallest absolute Gasteiger partial charge is 0.283 e. The normalized spacial score (nSPS) is 11.6. The van der Waals surface area contributed by atoms with Gasteiger partial charge < -0.3 is 11.1 Å². The Balaban J connectivity index is 3.09. The molecule has 0 saturated carbocycles. The molecule has 0 amide bonds. The van der Waals surface area contributed by atoms with E-state index in [1.807, 2.05) is 20.8 Å². The summed E-state index contributed by atoms with van der Waals surface area (Å²) in [5.41, 5.74) is 5.88. The van der Waals surface area contributed by atoms with E-state index < -0.39 is 0 Å². The van der Waals surface area contributed by atoms with Gasteiger partial charge >= 0.3 is 0 Å². The Kier molecular flexibility index (Phi) is 4.09. The number of halogens is 1. The molecule has 1 aromatic heterocycles. The molecule has 90 valence electrons.